The van der Waals surface area contributed by atoms with Crippen LogP contribution in [0.15, 0.2) is 23.1 Å². The number of hydrogen-bond acceptors (Lipinski definition) is 3. The van der Waals surface area contributed by atoms with Crippen molar-refractivity contribution in [1.29, 1.82) is 0 Å². The van der Waals surface area contributed by atoms with Crippen molar-refractivity contribution in [1.82, 2.24) is 4.90 Å². The molecule has 0 spiro atoms. The third-order valence-electron chi connectivity index (χ3n) is 4.06. The molecule has 2 nitrogen and oxygen atoms in total. The normalized spacial score (nSPS) is 24.0. The fourth-order valence-electron chi connectivity index (χ4n) is 2.61. The molecule has 1 aliphatic rings. The van der Waals surface area contributed by atoms with E-state index in [1.165, 1.54) is 13.0 Å². The van der Waals surface area contributed by atoms with Crippen LogP contribution in [0.5, 0.6) is 0 Å². The summed E-state index contributed by atoms with van der Waals surface area (Å²) in [7, 11) is 0. The Morgan fingerprint density at radius 1 is 1.40 bits per heavy atom. The minimum Gasteiger partial charge on any atom is -0.330 e. The number of nitrogens with two attached hydrogens (primary N) is 1. The van der Waals surface area contributed by atoms with Crippen molar-refractivity contribution in [2.45, 2.75) is 18.2 Å². The summed E-state index contributed by atoms with van der Waals surface area (Å²) in [6.45, 7) is 6.50. The second-order valence-electron chi connectivity index (χ2n) is 5.49. The molecule has 2 atom stereocenters. The molecule has 0 saturated carbocycles. The third-order valence-corrected chi connectivity index (χ3v) is 5.77. The Kier molecular flexibility index (Phi) is 6.50. The summed E-state index contributed by atoms with van der Waals surface area (Å²) in [6.07, 6.45) is 1.25. The maximum Gasteiger partial charge on any atom is 0.0542 e. The predicted molar refractivity (Wildman–Crippen MR) is 90.0 cm³/mol. The van der Waals surface area contributed by atoms with Crippen LogP contribution in [0.4, 0.5) is 0 Å². The highest BCUT2D eigenvalue weighted by molar-refractivity contribution is 7.99. The van der Waals surface area contributed by atoms with Gasteiger partial charge in [0, 0.05) is 28.8 Å². The summed E-state index contributed by atoms with van der Waals surface area (Å²) in [6, 6.07) is 5.63. The number of nitrogens with zero attached hydrogens (tertiary/aromatic N) is 1. The van der Waals surface area contributed by atoms with E-state index in [1.807, 2.05) is 18.2 Å². The molecular formula is C15H22Cl2N2S. The van der Waals surface area contributed by atoms with Crippen LogP contribution in [0.1, 0.15) is 13.3 Å². The van der Waals surface area contributed by atoms with Crippen LogP contribution in [0.3, 0.4) is 0 Å². The molecule has 2 N–H and O–H groups in total. The lowest BCUT2D eigenvalue weighted by Gasteiger charge is -2.36. The topological polar surface area (TPSA) is 29.3 Å². The predicted octanol–water partition coefficient (Wildman–Crippen LogP) is 4.00. The number of hydrogen-bond donors (Lipinski definition) is 1. The van der Waals surface area contributed by atoms with Crippen molar-refractivity contribution in [3.05, 3.63) is 28.2 Å². The first-order valence-electron chi connectivity index (χ1n) is 7.10. The van der Waals surface area contributed by atoms with E-state index in [0.29, 0.717) is 5.92 Å². The lowest BCUT2D eigenvalue weighted by Crippen LogP contribution is -2.43. The summed E-state index contributed by atoms with van der Waals surface area (Å²) >= 11 is 14.0. The number of thioether (sulfide) groups is 1. The minimum atomic E-state index is 0.642. The van der Waals surface area contributed by atoms with Crippen LogP contribution in [-0.4, -0.2) is 36.8 Å². The Hall–Kier alpha value is 0.0700. The molecule has 0 amide bonds. The highest BCUT2D eigenvalue weighted by Crippen LogP contribution is 2.30. The molecule has 2 unspecified atom stereocenters. The first-order valence-corrected chi connectivity index (χ1v) is 8.84. The lowest BCUT2D eigenvalue weighted by atomic mass is 9.87. The van der Waals surface area contributed by atoms with Crippen molar-refractivity contribution in [2.75, 3.05) is 31.9 Å². The van der Waals surface area contributed by atoms with E-state index in [9.17, 15) is 0 Å². The Labute approximate surface area is 136 Å². The molecule has 1 aromatic rings. The maximum absolute atomic E-state index is 6.17. The van der Waals surface area contributed by atoms with Crippen LogP contribution >= 0.6 is 35.0 Å². The second-order valence-corrected chi connectivity index (χ2v) is 7.47. The van der Waals surface area contributed by atoms with Gasteiger partial charge >= 0.3 is 0 Å². The fraction of sp³-hybridized carbons (Fsp3) is 0.600. The molecule has 20 heavy (non-hydrogen) atoms. The zero-order valence-electron chi connectivity index (χ0n) is 11.8. The average molecular weight is 333 g/mol. The van der Waals surface area contributed by atoms with Gasteiger partial charge in [-0.1, -0.05) is 30.1 Å². The van der Waals surface area contributed by atoms with E-state index < -0.39 is 0 Å². The molecule has 112 valence electrons. The standard InChI is InChI=1S/C15H22Cl2N2S/c1-11-4-5-19(10-12(11)9-18)6-7-20-15-8-13(16)2-3-14(15)17/h2-3,8,11-12H,4-7,9-10,18H2,1H3. The number of piperidine rings is 1. The van der Waals surface area contributed by atoms with E-state index >= 15 is 0 Å². The molecule has 0 aliphatic carbocycles. The average Bonchev–Trinajstić information content (AvgIpc) is 2.44. The van der Waals surface area contributed by atoms with Gasteiger partial charge in [-0.05, 0) is 49.5 Å². The van der Waals surface area contributed by atoms with Crippen molar-refractivity contribution >= 4 is 35.0 Å². The highest BCUT2D eigenvalue weighted by Gasteiger charge is 2.24. The molecule has 1 heterocycles. The van der Waals surface area contributed by atoms with Gasteiger partial charge in [-0.2, -0.15) is 0 Å². The van der Waals surface area contributed by atoms with Crippen molar-refractivity contribution < 1.29 is 0 Å². The lowest BCUT2D eigenvalue weighted by molar-refractivity contribution is 0.139. The van der Waals surface area contributed by atoms with Crippen molar-refractivity contribution in [3.8, 4) is 0 Å². The molecule has 2 rings (SSSR count). The molecular weight excluding hydrogens is 311 g/mol. The number of likely N-dealkylation sites (tertiary alicyclic amines) is 1. The van der Waals surface area contributed by atoms with Gasteiger partial charge in [0.15, 0.2) is 0 Å². The SMILES string of the molecule is CC1CCN(CCSc2cc(Cl)ccc2Cl)CC1CN. The van der Waals surface area contributed by atoms with Gasteiger partial charge in [-0.15, -0.1) is 11.8 Å². The van der Waals surface area contributed by atoms with E-state index in [0.717, 1.165) is 46.2 Å². The van der Waals surface area contributed by atoms with E-state index in [2.05, 4.69) is 11.8 Å². The zero-order chi connectivity index (χ0) is 14.5. The summed E-state index contributed by atoms with van der Waals surface area (Å²) in [5.74, 6) is 2.43. The number of halogens is 2. The van der Waals surface area contributed by atoms with Crippen molar-refractivity contribution in [3.63, 3.8) is 0 Å². The molecule has 1 saturated heterocycles. The first-order chi connectivity index (χ1) is 9.60. The van der Waals surface area contributed by atoms with Crippen LogP contribution < -0.4 is 5.73 Å². The molecule has 1 aliphatic heterocycles. The van der Waals surface area contributed by atoms with Gasteiger partial charge in [-0.25, -0.2) is 0 Å². The smallest absolute Gasteiger partial charge is 0.0542 e. The maximum atomic E-state index is 6.17. The Balaban J connectivity index is 1.80. The monoisotopic (exact) mass is 332 g/mol. The summed E-state index contributed by atoms with van der Waals surface area (Å²) in [5.41, 5.74) is 5.85. The fourth-order valence-corrected chi connectivity index (χ4v) is 4.11. The molecule has 1 aromatic carbocycles. The summed E-state index contributed by atoms with van der Waals surface area (Å²) < 4.78 is 0. The molecule has 0 radical (unpaired) electrons. The van der Waals surface area contributed by atoms with Crippen LogP contribution in [-0.2, 0) is 0 Å². The van der Waals surface area contributed by atoms with Crippen LogP contribution in [0.2, 0.25) is 10.0 Å². The van der Waals surface area contributed by atoms with Crippen LogP contribution in [0.25, 0.3) is 0 Å². The van der Waals surface area contributed by atoms with Gasteiger partial charge in [0.25, 0.3) is 0 Å². The van der Waals surface area contributed by atoms with Gasteiger partial charge in [0.2, 0.25) is 0 Å². The minimum absolute atomic E-state index is 0.642. The van der Waals surface area contributed by atoms with E-state index in [1.54, 1.807) is 11.8 Å². The molecule has 0 aromatic heterocycles. The van der Waals surface area contributed by atoms with Crippen LogP contribution in [0, 0.1) is 11.8 Å². The van der Waals surface area contributed by atoms with Gasteiger partial charge in [-0.3, -0.25) is 0 Å². The third kappa shape index (κ3) is 4.54. The summed E-state index contributed by atoms with van der Waals surface area (Å²) in [4.78, 5) is 3.59. The Morgan fingerprint density at radius 2 is 2.20 bits per heavy atom. The van der Waals surface area contributed by atoms with Gasteiger partial charge in [0.1, 0.15) is 0 Å². The van der Waals surface area contributed by atoms with Gasteiger partial charge < -0.3 is 10.6 Å². The summed E-state index contributed by atoms with van der Waals surface area (Å²) in [5, 5.41) is 1.53. The number of rotatable bonds is 5. The Morgan fingerprint density at radius 3 is 2.95 bits per heavy atom. The highest BCUT2D eigenvalue weighted by atomic mass is 35.5. The van der Waals surface area contributed by atoms with Gasteiger partial charge in [0.05, 0.1) is 5.02 Å². The quantitative estimate of drug-likeness (QED) is 0.826. The van der Waals surface area contributed by atoms with Crippen molar-refractivity contribution in [2.24, 2.45) is 17.6 Å². The molecule has 0 bridgehead atoms. The largest absolute Gasteiger partial charge is 0.330 e. The second kappa shape index (κ2) is 7.90. The molecule has 1 fully saturated rings. The van der Waals surface area contributed by atoms with E-state index in [-0.39, 0.29) is 0 Å². The first kappa shape index (κ1) is 16.4. The Bertz CT molecular complexity index is 442. The molecule has 5 heteroatoms. The number of benzene rings is 1. The zero-order valence-corrected chi connectivity index (χ0v) is 14.1. The van der Waals surface area contributed by atoms with E-state index in [4.69, 9.17) is 28.9 Å².